The average Bonchev–Trinajstić information content (AvgIpc) is 2.29. The number of halogens is 1. The summed E-state index contributed by atoms with van der Waals surface area (Å²) in [7, 11) is 1.50. The van der Waals surface area contributed by atoms with E-state index in [0.29, 0.717) is 11.1 Å². The first kappa shape index (κ1) is 9.41. The van der Waals surface area contributed by atoms with E-state index in [2.05, 4.69) is 4.98 Å². The Bertz CT molecular complexity index is 560. The number of pyridine rings is 1. The molecule has 2 rings (SSSR count). The Balaban J connectivity index is 2.94. The van der Waals surface area contributed by atoms with E-state index in [9.17, 15) is 4.39 Å². The highest BCUT2D eigenvalue weighted by molar-refractivity contribution is 5.91. The standard InChI is InChI=1S/C11H7FN2O/c1-15-10-3-2-8(12)11-7(10)4-5-14-9(11)6-13/h2-5H,1H3. The molecule has 0 amide bonds. The maximum Gasteiger partial charge on any atom is 0.151 e. The highest BCUT2D eigenvalue weighted by Gasteiger charge is 2.10. The number of methoxy groups -OCH3 is 1. The van der Waals surface area contributed by atoms with Crippen LogP contribution in [0, 0.1) is 17.1 Å². The zero-order chi connectivity index (χ0) is 10.8. The third-order valence-electron chi connectivity index (χ3n) is 2.16. The smallest absolute Gasteiger partial charge is 0.151 e. The molecule has 74 valence electrons. The summed E-state index contributed by atoms with van der Waals surface area (Å²) in [6.45, 7) is 0. The summed E-state index contributed by atoms with van der Waals surface area (Å²) < 4.78 is 18.6. The van der Waals surface area contributed by atoms with E-state index < -0.39 is 5.82 Å². The van der Waals surface area contributed by atoms with Crippen molar-refractivity contribution in [2.75, 3.05) is 7.11 Å². The Hall–Kier alpha value is -2.15. The highest BCUT2D eigenvalue weighted by Crippen LogP contribution is 2.28. The summed E-state index contributed by atoms with van der Waals surface area (Å²) in [6.07, 6.45) is 1.46. The summed E-state index contributed by atoms with van der Waals surface area (Å²) in [6, 6.07) is 6.27. The third-order valence-corrected chi connectivity index (χ3v) is 2.16. The van der Waals surface area contributed by atoms with Crippen molar-refractivity contribution >= 4 is 10.8 Å². The predicted molar refractivity (Wildman–Crippen MR) is 53.0 cm³/mol. The molecule has 0 radical (unpaired) electrons. The molecule has 0 aliphatic heterocycles. The van der Waals surface area contributed by atoms with Crippen molar-refractivity contribution in [3.05, 3.63) is 35.9 Å². The minimum atomic E-state index is -0.463. The van der Waals surface area contributed by atoms with Crippen molar-refractivity contribution in [3.8, 4) is 11.8 Å². The maximum atomic E-state index is 13.5. The van der Waals surface area contributed by atoms with E-state index in [1.165, 1.54) is 25.4 Å². The number of nitrogens with zero attached hydrogens (tertiary/aromatic N) is 2. The fourth-order valence-corrected chi connectivity index (χ4v) is 1.49. The monoisotopic (exact) mass is 202 g/mol. The largest absolute Gasteiger partial charge is 0.496 e. The molecule has 3 nitrogen and oxygen atoms in total. The zero-order valence-electron chi connectivity index (χ0n) is 7.99. The van der Waals surface area contributed by atoms with Crippen LogP contribution in [0.1, 0.15) is 5.69 Å². The lowest BCUT2D eigenvalue weighted by Gasteiger charge is -2.06. The Labute approximate surface area is 85.7 Å². The zero-order valence-corrected chi connectivity index (χ0v) is 7.99. The van der Waals surface area contributed by atoms with Crippen LogP contribution in [0.2, 0.25) is 0 Å². The number of fused-ring (bicyclic) bond motifs is 1. The molecule has 0 unspecified atom stereocenters. The number of hydrogen-bond acceptors (Lipinski definition) is 3. The molecule has 15 heavy (non-hydrogen) atoms. The van der Waals surface area contributed by atoms with Crippen LogP contribution in [0.5, 0.6) is 5.75 Å². The molecule has 1 heterocycles. The molecule has 0 atom stereocenters. The SMILES string of the molecule is COc1ccc(F)c2c(C#N)nccc12. The molecule has 0 saturated carbocycles. The van der Waals surface area contributed by atoms with Gasteiger partial charge in [0.25, 0.3) is 0 Å². The number of ether oxygens (including phenoxy) is 1. The number of aromatic nitrogens is 1. The molecule has 0 aliphatic carbocycles. The van der Waals surface area contributed by atoms with Gasteiger partial charge in [0.15, 0.2) is 5.69 Å². The predicted octanol–water partition coefficient (Wildman–Crippen LogP) is 2.25. The topological polar surface area (TPSA) is 45.9 Å². The van der Waals surface area contributed by atoms with Crippen LogP contribution in [-0.4, -0.2) is 12.1 Å². The summed E-state index contributed by atoms with van der Waals surface area (Å²) in [4.78, 5) is 3.80. The van der Waals surface area contributed by atoms with Gasteiger partial charge in [-0.1, -0.05) is 0 Å². The quantitative estimate of drug-likeness (QED) is 0.712. The second kappa shape index (κ2) is 3.54. The summed E-state index contributed by atoms with van der Waals surface area (Å²) >= 11 is 0. The van der Waals surface area contributed by atoms with E-state index in [-0.39, 0.29) is 11.1 Å². The van der Waals surface area contributed by atoms with Gasteiger partial charge in [-0.2, -0.15) is 5.26 Å². The van der Waals surface area contributed by atoms with Crippen LogP contribution in [0.15, 0.2) is 24.4 Å². The fraction of sp³-hybridized carbons (Fsp3) is 0.0909. The van der Waals surface area contributed by atoms with Crippen molar-refractivity contribution < 1.29 is 9.13 Å². The van der Waals surface area contributed by atoms with Gasteiger partial charge in [0.1, 0.15) is 17.6 Å². The first-order valence-corrected chi connectivity index (χ1v) is 4.29. The van der Waals surface area contributed by atoms with E-state index in [4.69, 9.17) is 10.00 Å². The van der Waals surface area contributed by atoms with Gasteiger partial charge in [0.05, 0.1) is 12.5 Å². The van der Waals surface area contributed by atoms with Gasteiger partial charge in [0.2, 0.25) is 0 Å². The van der Waals surface area contributed by atoms with Crippen molar-refractivity contribution in [3.63, 3.8) is 0 Å². The number of hydrogen-bond donors (Lipinski definition) is 0. The minimum Gasteiger partial charge on any atom is -0.496 e. The van der Waals surface area contributed by atoms with Crippen LogP contribution in [0.4, 0.5) is 4.39 Å². The first-order chi connectivity index (χ1) is 7.27. The van der Waals surface area contributed by atoms with E-state index in [0.717, 1.165) is 0 Å². The lowest BCUT2D eigenvalue weighted by molar-refractivity contribution is 0.419. The number of benzene rings is 1. The van der Waals surface area contributed by atoms with E-state index in [1.54, 1.807) is 6.07 Å². The Kier molecular flexibility index (Phi) is 2.22. The molecule has 0 aliphatic rings. The molecule has 4 heteroatoms. The molecule has 0 spiro atoms. The van der Waals surface area contributed by atoms with Crippen LogP contribution in [-0.2, 0) is 0 Å². The molecule has 0 N–H and O–H groups in total. The molecule has 0 bridgehead atoms. The normalized spacial score (nSPS) is 9.93. The summed E-state index contributed by atoms with van der Waals surface area (Å²) in [5.74, 6) is 0.0701. The Morgan fingerprint density at radius 3 is 2.87 bits per heavy atom. The maximum absolute atomic E-state index is 13.5. The van der Waals surface area contributed by atoms with Crippen LogP contribution in [0.25, 0.3) is 10.8 Å². The molecule has 1 aromatic carbocycles. The van der Waals surface area contributed by atoms with Gasteiger partial charge >= 0.3 is 0 Å². The second-order valence-corrected chi connectivity index (χ2v) is 2.94. The summed E-state index contributed by atoms with van der Waals surface area (Å²) in [5, 5.41) is 9.57. The number of nitriles is 1. The third kappa shape index (κ3) is 1.38. The molecule has 1 aromatic heterocycles. The van der Waals surface area contributed by atoms with Crippen LogP contribution in [0.3, 0.4) is 0 Å². The first-order valence-electron chi connectivity index (χ1n) is 4.29. The average molecular weight is 202 g/mol. The van der Waals surface area contributed by atoms with Crippen molar-refractivity contribution in [2.24, 2.45) is 0 Å². The van der Waals surface area contributed by atoms with Gasteiger partial charge in [-0.25, -0.2) is 9.37 Å². The van der Waals surface area contributed by atoms with Gasteiger partial charge in [-0.3, -0.25) is 0 Å². The van der Waals surface area contributed by atoms with Gasteiger partial charge < -0.3 is 4.74 Å². The molecular weight excluding hydrogens is 195 g/mol. The highest BCUT2D eigenvalue weighted by atomic mass is 19.1. The molecule has 0 saturated heterocycles. The van der Waals surface area contributed by atoms with Crippen molar-refractivity contribution in [1.29, 1.82) is 5.26 Å². The van der Waals surface area contributed by atoms with Crippen molar-refractivity contribution in [2.45, 2.75) is 0 Å². The Morgan fingerprint density at radius 1 is 1.40 bits per heavy atom. The lowest BCUT2D eigenvalue weighted by Crippen LogP contribution is -1.92. The molecular formula is C11H7FN2O. The lowest BCUT2D eigenvalue weighted by atomic mass is 10.1. The molecule has 0 fully saturated rings. The summed E-state index contributed by atoms with van der Waals surface area (Å²) in [5.41, 5.74) is 0.0731. The van der Waals surface area contributed by atoms with E-state index >= 15 is 0 Å². The van der Waals surface area contributed by atoms with E-state index in [1.807, 2.05) is 6.07 Å². The van der Waals surface area contributed by atoms with Crippen molar-refractivity contribution in [1.82, 2.24) is 4.98 Å². The number of rotatable bonds is 1. The minimum absolute atomic E-state index is 0.0731. The second-order valence-electron chi connectivity index (χ2n) is 2.94. The Morgan fingerprint density at radius 2 is 2.20 bits per heavy atom. The van der Waals surface area contributed by atoms with Gasteiger partial charge in [0, 0.05) is 11.6 Å². The fourth-order valence-electron chi connectivity index (χ4n) is 1.49. The van der Waals surface area contributed by atoms with Gasteiger partial charge in [-0.05, 0) is 18.2 Å². The van der Waals surface area contributed by atoms with Crippen LogP contribution < -0.4 is 4.74 Å². The molecule has 2 aromatic rings. The van der Waals surface area contributed by atoms with Crippen LogP contribution >= 0.6 is 0 Å². The van der Waals surface area contributed by atoms with Gasteiger partial charge in [-0.15, -0.1) is 0 Å².